The summed E-state index contributed by atoms with van der Waals surface area (Å²) < 4.78 is 0. The van der Waals surface area contributed by atoms with E-state index in [1.165, 1.54) is 17.7 Å². The number of fused-ring (bicyclic) bond motifs is 1. The van der Waals surface area contributed by atoms with Gasteiger partial charge in [-0.2, -0.15) is 0 Å². The molecule has 5 nitrogen and oxygen atoms in total. The van der Waals surface area contributed by atoms with E-state index in [4.69, 9.17) is 0 Å². The molecule has 0 spiro atoms. The summed E-state index contributed by atoms with van der Waals surface area (Å²) in [6.45, 7) is 3.78. The summed E-state index contributed by atoms with van der Waals surface area (Å²) in [5.74, 6) is -0.190. The molecule has 0 aromatic carbocycles. The number of thiazole rings is 1. The van der Waals surface area contributed by atoms with Crippen molar-refractivity contribution in [2.75, 3.05) is 0 Å². The first-order chi connectivity index (χ1) is 10.1. The Morgan fingerprint density at radius 3 is 2.86 bits per heavy atom. The second-order valence-electron chi connectivity index (χ2n) is 4.39. The van der Waals surface area contributed by atoms with E-state index < -0.39 is 5.97 Å². The molecule has 8 heteroatoms. The number of aryl methyl sites for hydroxylation is 2. The van der Waals surface area contributed by atoms with Crippen molar-refractivity contribution in [3.63, 3.8) is 0 Å². The van der Waals surface area contributed by atoms with Gasteiger partial charge in [0, 0.05) is 16.5 Å². The Morgan fingerprint density at radius 1 is 1.38 bits per heavy atom. The van der Waals surface area contributed by atoms with Crippen molar-refractivity contribution in [1.82, 2.24) is 15.0 Å². The number of hydrogen-bond donors (Lipinski definition) is 1. The predicted molar refractivity (Wildman–Crippen MR) is 85.5 cm³/mol. The van der Waals surface area contributed by atoms with Gasteiger partial charge in [0.2, 0.25) is 0 Å². The van der Waals surface area contributed by atoms with Gasteiger partial charge in [-0.15, -0.1) is 22.7 Å². The zero-order valence-electron chi connectivity index (χ0n) is 11.3. The maximum absolute atomic E-state index is 11.2. The number of thioether (sulfide) groups is 1. The van der Waals surface area contributed by atoms with Gasteiger partial charge < -0.3 is 5.11 Å². The molecular formula is C13H11N3O2S3. The lowest BCUT2D eigenvalue weighted by atomic mass is 10.2. The smallest absolute Gasteiger partial charge is 0.346 e. The Balaban J connectivity index is 1.96. The number of carboxylic acids is 1. The first kappa shape index (κ1) is 14.4. The minimum atomic E-state index is -0.915. The van der Waals surface area contributed by atoms with E-state index in [1.807, 2.05) is 19.2 Å². The molecule has 0 atom stereocenters. The monoisotopic (exact) mass is 337 g/mol. The SMILES string of the molecule is Cc1csc(CSc2ncnc3sc(C(=O)O)c(C)c23)n1. The fourth-order valence-corrected chi connectivity index (χ4v) is 4.85. The Hall–Kier alpha value is -1.51. The Morgan fingerprint density at radius 2 is 2.19 bits per heavy atom. The summed E-state index contributed by atoms with van der Waals surface area (Å²) in [4.78, 5) is 25.2. The van der Waals surface area contributed by atoms with Crippen LogP contribution in [0.2, 0.25) is 0 Å². The number of thiophene rings is 1. The van der Waals surface area contributed by atoms with E-state index in [1.54, 1.807) is 23.1 Å². The van der Waals surface area contributed by atoms with E-state index in [0.717, 1.165) is 37.3 Å². The predicted octanol–water partition coefficient (Wildman–Crippen LogP) is 3.76. The first-order valence-corrected chi connectivity index (χ1v) is 8.75. The molecule has 0 unspecified atom stereocenters. The molecule has 0 aliphatic carbocycles. The molecule has 108 valence electrons. The van der Waals surface area contributed by atoms with Gasteiger partial charge in [-0.1, -0.05) is 11.8 Å². The number of rotatable bonds is 4. The Bertz CT molecular complexity index is 825. The molecule has 0 aliphatic rings. The standard InChI is InChI=1S/C13H11N3O2S3/c1-6-3-19-8(16-6)4-20-11-9-7(2)10(13(17)18)21-12(9)15-5-14-11/h3,5H,4H2,1-2H3,(H,17,18). The number of nitrogens with zero attached hydrogens (tertiary/aromatic N) is 3. The molecule has 0 aliphatic heterocycles. The van der Waals surface area contributed by atoms with E-state index in [9.17, 15) is 9.90 Å². The van der Waals surface area contributed by atoms with Crippen LogP contribution in [0.25, 0.3) is 10.2 Å². The van der Waals surface area contributed by atoms with Crippen LogP contribution in [0.1, 0.15) is 25.9 Å². The zero-order valence-corrected chi connectivity index (χ0v) is 13.7. The van der Waals surface area contributed by atoms with Crippen LogP contribution in [0.3, 0.4) is 0 Å². The molecule has 0 amide bonds. The third-order valence-corrected chi connectivity index (χ3v) is 6.22. The van der Waals surface area contributed by atoms with Gasteiger partial charge in [0.1, 0.15) is 26.1 Å². The van der Waals surface area contributed by atoms with E-state index in [-0.39, 0.29) is 0 Å². The summed E-state index contributed by atoms with van der Waals surface area (Å²) in [6, 6.07) is 0. The largest absolute Gasteiger partial charge is 0.477 e. The van der Waals surface area contributed by atoms with Crippen LogP contribution in [-0.2, 0) is 5.75 Å². The van der Waals surface area contributed by atoms with Crippen molar-refractivity contribution in [1.29, 1.82) is 0 Å². The summed E-state index contributed by atoms with van der Waals surface area (Å²) in [5, 5.41) is 13.9. The quantitative estimate of drug-likeness (QED) is 0.577. The lowest BCUT2D eigenvalue weighted by Crippen LogP contribution is -1.94. The maximum Gasteiger partial charge on any atom is 0.346 e. The van der Waals surface area contributed by atoms with Crippen molar-refractivity contribution in [2.45, 2.75) is 24.6 Å². The second kappa shape index (κ2) is 5.70. The minimum Gasteiger partial charge on any atom is -0.477 e. The fourth-order valence-electron chi connectivity index (χ4n) is 1.95. The highest BCUT2D eigenvalue weighted by atomic mass is 32.2. The van der Waals surface area contributed by atoms with E-state index in [0.29, 0.717) is 4.88 Å². The Kier molecular flexibility index (Phi) is 3.92. The Labute approximate surface area is 133 Å². The van der Waals surface area contributed by atoms with Gasteiger partial charge >= 0.3 is 5.97 Å². The van der Waals surface area contributed by atoms with Crippen molar-refractivity contribution in [3.05, 3.63) is 32.8 Å². The maximum atomic E-state index is 11.2. The van der Waals surface area contributed by atoms with Crippen LogP contribution >= 0.6 is 34.4 Å². The first-order valence-electron chi connectivity index (χ1n) is 6.07. The highest BCUT2D eigenvalue weighted by molar-refractivity contribution is 7.98. The summed E-state index contributed by atoms with van der Waals surface area (Å²) in [5.41, 5.74) is 1.75. The molecule has 0 radical (unpaired) electrons. The number of hydrogen-bond acceptors (Lipinski definition) is 7. The molecule has 0 fully saturated rings. The van der Waals surface area contributed by atoms with Gasteiger partial charge in [-0.3, -0.25) is 0 Å². The van der Waals surface area contributed by atoms with Crippen molar-refractivity contribution in [3.8, 4) is 0 Å². The molecule has 21 heavy (non-hydrogen) atoms. The number of carboxylic acid groups (broad SMARTS) is 1. The number of carbonyl (C=O) groups is 1. The molecule has 3 aromatic rings. The normalized spacial score (nSPS) is 11.1. The molecular weight excluding hydrogens is 326 g/mol. The van der Waals surface area contributed by atoms with Gasteiger partial charge in [0.05, 0.1) is 5.75 Å². The van der Waals surface area contributed by atoms with Gasteiger partial charge in [0.15, 0.2) is 0 Å². The second-order valence-corrected chi connectivity index (χ2v) is 7.30. The zero-order chi connectivity index (χ0) is 15.0. The topological polar surface area (TPSA) is 76.0 Å². The summed E-state index contributed by atoms with van der Waals surface area (Å²) >= 11 is 4.38. The third kappa shape index (κ3) is 2.78. The van der Waals surface area contributed by atoms with Crippen LogP contribution in [0, 0.1) is 13.8 Å². The van der Waals surface area contributed by atoms with Crippen molar-refractivity contribution in [2.24, 2.45) is 0 Å². The van der Waals surface area contributed by atoms with Crippen LogP contribution in [0.5, 0.6) is 0 Å². The van der Waals surface area contributed by atoms with Crippen molar-refractivity contribution >= 4 is 50.6 Å². The highest BCUT2D eigenvalue weighted by Crippen LogP contribution is 2.36. The molecule has 0 bridgehead atoms. The van der Waals surface area contributed by atoms with Crippen LogP contribution in [-0.4, -0.2) is 26.0 Å². The molecule has 3 rings (SSSR count). The fraction of sp³-hybridized carbons (Fsp3) is 0.231. The molecule has 1 N–H and O–H groups in total. The van der Waals surface area contributed by atoms with Crippen LogP contribution in [0.15, 0.2) is 16.7 Å². The lowest BCUT2D eigenvalue weighted by Gasteiger charge is -2.01. The summed E-state index contributed by atoms with van der Waals surface area (Å²) in [7, 11) is 0. The average molecular weight is 337 g/mol. The van der Waals surface area contributed by atoms with Gasteiger partial charge in [0.25, 0.3) is 0 Å². The van der Waals surface area contributed by atoms with Gasteiger partial charge in [-0.05, 0) is 19.4 Å². The third-order valence-electron chi connectivity index (χ3n) is 2.89. The van der Waals surface area contributed by atoms with Gasteiger partial charge in [-0.25, -0.2) is 19.7 Å². The van der Waals surface area contributed by atoms with E-state index >= 15 is 0 Å². The molecule has 0 saturated carbocycles. The van der Waals surface area contributed by atoms with E-state index in [2.05, 4.69) is 15.0 Å². The molecule has 3 aromatic heterocycles. The highest BCUT2D eigenvalue weighted by Gasteiger charge is 2.18. The number of aromatic nitrogens is 3. The summed E-state index contributed by atoms with van der Waals surface area (Å²) in [6.07, 6.45) is 1.49. The van der Waals surface area contributed by atoms with Crippen molar-refractivity contribution < 1.29 is 9.90 Å². The molecule has 3 heterocycles. The minimum absolute atomic E-state index is 0.331. The van der Waals surface area contributed by atoms with Crippen LogP contribution in [0.4, 0.5) is 0 Å². The number of aromatic carboxylic acids is 1. The van der Waals surface area contributed by atoms with Crippen LogP contribution < -0.4 is 0 Å². The molecule has 0 saturated heterocycles. The lowest BCUT2D eigenvalue weighted by molar-refractivity contribution is 0.0701. The average Bonchev–Trinajstić information content (AvgIpc) is 3.01.